The maximum absolute atomic E-state index is 12.4. The van der Waals surface area contributed by atoms with Crippen LogP contribution in [-0.2, 0) is 4.74 Å². The fraction of sp³-hybridized carbons (Fsp3) is 0.412. The van der Waals surface area contributed by atoms with Gasteiger partial charge < -0.3 is 14.5 Å². The van der Waals surface area contributed by atoms with Gasteiger partial charge in [0.25, 0.3) is 5.56 Å². The number of likely N-dealkylation sites (N-methyl/N-ethyl adjacent to an activating group) is 1. The van der Waals surface area contributed by atoms with Crippen LogP contribution in [0.4, 0.5) is 5.69 Å². The Bertz CT molecular complexity index is 776. The molecule has 0 saturated carbocycles. The fourth-order valence-electron chi connectivity index (χ4n) is 2.81. The van der Waals surface area contributed by atoms with Crippen molar-refractivity contribution in [3.05, 3.63) is 46.4 Å². The zero-order chi connectivity index (χ0) is 16.4. The molecule has 0 amide bonds. The van der Waals surface area contributed by atoms with Crippen LogP contribution in [-0.4, -0.2) is 55.1 Å². The summed E-state index contributed by atoms with van der Waals surface area (Å²) in [4.78, 5) is 28.8. The zero-order valence-electron chi connectivity index (χ0n) is 13.5. The van der Waals surface area contributed by atoms with E-state index in [0.29, 0.717) is 0 Å². The van der Waals surface area contributed by atoms with Gasteiger partial charge in [0.05, 0.1) is 12.1 Å². The first kappa shape index (κ1) is 15.6. The van der Waals surface area contributed by atoms with Crippen molar-refractivity contribution in [1.29, 1.82) is 0 Å². The highest BCUT2D eigenvalue weighted by Crippen LogP contribution is 2.18. The standard InChI is InChI=1S/C17H21N3O3/c1-3-23-17(22)15-5-4-14-12-13(6-7-20(14)16(15)21)19-10-8-18(2)9-11-19/h4-7,12H,3,8-11H2,1-2H3. The molecule has 0 bridgehead atoms. The van der Waals surface area contributed by atoms with Crippen molar-refractivity contribution in [2.45, 2.75) is 6.92 Å². The largest absolute Gasteiger partial charge is 0.462 e. The molecular weight excluding hydrogens is 294 g/mol. The van der Waals surface area contributed by atoms with Crippen LogP contribution in [0.2, 0.25) is 0 Å². The van der Waals surface area contributed by atoms with Gasteiger partial charge in [-0.15, -0.1) is 0 Å². The van der Waals surface area contributed by atoms with E-state index >= 15 is 0 Å². The van der Waals surface area contributed by atoms with Crippen molar-refractivity contribution in [2.75, 3.05) is 44.7 Å². The third-order valence-electron chi connectivity index (χ3n) is 4.20. The first-order valence-corrected chi connectivity index (χ1v) is 7.86. The number of hydrogen-bond acceptors (Lipinski definition) is 5. The van der Waals surface area contributed by atoms with Crippen molar-refractivity contribution in [2.24, 2.45) is 0 Å². The molecule has 0 spiro atoms. The van der Waals surface area contributed by atoms with Crippen molar-refractivity contribution in [3.8, 4) is 0 Å². The minimum absolute atomic E-state index is 0.0664. The summed E-state index contributed by atoms with van der Waals surface area (Å²) in [5, 5.41) is 0. The molecule has 1 aliphatic heterocycles. The van der Waals surface area contributed by atoms with Crippen molar-refractivity contribution < 1.29 is 9.53 Å². The fourth-order valence-corrected chi connectivity index (χ4v) is 2.81. The van der Waals surface area contributed by atoms with Gasteiger partial charge in [-0.2, -0.15) is 0 Å². The molecule has 0 radical (unpaired) electrons. The highest BCUT2D eigenvalue weighted by atomic mass is 16.5. The molecular formula is C17H21N3O3. The molecule has 2 aromatic rings. The summed E-state index contributed by atoms with van der Waals surface area (Å²) in [5.41, 5.74) is 1.60. The molecule has 0 aromatic carbocycles. The van der Waals surface area contributed by atoms with E-state index in [1.54, 1.807) is 25.3 Å². The molecule has 1 fully saturated rings. The number of ether oxygens (including phenoxy) is 1. The van der Waals surface area contributed by atoms with Gasteiger partial charge in [-0.05, 0) is 38.2 Å². The highest BCUT2D eigenvalue weighted by Gasteiger charge is 2.16. The number of rotatable bonds is 3. The lowest BCUT2D eigenvalue weighted by Gasteiger charge is -2.34. The third-order valence-corrected chi connectivity index (χ3v) is 4.20. The van der Waals surface area contributed by atoms with Gasteiger partial charge in [-0.3, -0.25) is 9.20 Å². The van der Waals surface area contributed by atoms with Gasteiger partial charge in [-0.25, -0.2) is 4.79 Å². The number of nitrogens with zero attached hydrogens (tertiary/aromatic N) is 3. The second-order valence-electron chi connectivity index (χ2n) is 5.74. The number of aromatic nitrogens is 1. The lowest BCUT2D eigenvalue weighted by Crippen LogP contribution is -2.44. The van der Waals surface area contributed by atoms with E-state index in [9.17, 15) is 9.59 Å². The summed E-state index contributed by atoms with van der Waals surface area (Å²) in [6.45, 7) is 5.97. The number of fused-ring (bicyclic) bond motifs is 1. The lowest BCUT2D eigenvalue weighted by atomic mass is 10.2. The third kappa shape index (κ3) is 3.07. The van der Waals surface area contributed by atoms with E-state index in [1.165, 1.54) is 4.40 Å². The molecule has 0 atom stereocenters. The summed E-state index contributed by atoms with van der Waals surface area (Å²) < 4.78 is 6.41. The van der Waals surface area contributed by atoms with Gasteiger partial charge >= 0.3 is 5.97 Å². The molecule has 3 heterocycles. The Morgan fingerprint density at radius 1 is 1.17 bits per heavy atom. The van der Waals surface area contributed by atoms with Crippen LogP contribution in [0, 0.1) is 0 Å². The molecule has 2 aromatic heterocycles. The summed E-state index contributed by atoms with van der Waals surface area (Å²) in [7, 11) is 2.12. The molecule has 23 heavy (non-hydrogen) atoms. The Labute approximate surface area is 134 Å². The number of pyridine rings is 2. The van der Waals surface area contributed by atoms with Crippen molar-refractivity contribution in [1.82, 2.24) is 9.30 Å². The molecule has 6 heteroatoms. The Kier molecular flexibility index (Phi) is 4.34. The monoisotopic (exact) mass is 315 g/mol. The lowest BCUT2D eigenvalue weighted by molar-refractivity contribution is 0.0524. The summed E-state index contributed by atoms with van der Waals surface area (Å²) >= 11 is 0. The van der Waals surface area contributed by atoms with E-state index in [2.05, 4.69) is 16.8 Å². The topological polar surface area (TPSA) is 54.3 Å². The van der Waals surface area contributed by atoms with Gasteiger partial charge in [0.1, 0.15) is 5.56 Å². The first-order chi connectivity index (χ1) is 11.1. The summed E-state index contributed by atoms with van der Waals surface area (Å²) in [6, 6.07) is 7.24. The zero-order valence-corrected chi connectivity index (χ0v) is 13.5. The van der Waals surface area contributed by atoms with E-state index in [-0.39, 0.29) is 17.7 Å². The molecule has 3 rings (SSSR count). The van der Waals surface area contributed by atoms with E-state index in [0.717, 1.165) is 37.4 Å². The van der Waals surface area contributed by atoms with E-state index in [4.69, 9.17) is 4.74 Å². The maximum atomic E-state index is 12.4. The van der Waals surface area contributed by atoms with Crippen LogP contribution in [0.25, 0.3) is 5.52 Å². The van der Waals surface area contributed by atoms with Gasteiger partial charge in [0, 0.05) is 38.1 Å². The number of piperazine rings is 1. The Morgan fingerprint density at radius 2 is 1.91 bits per heavy atom. The molecule has 0 unspecified atom stereocenters. The second-order valence-corrected chi connectivity index (χ2v) is 5.74. The van der Waals surface area contributed by atoms with Crippen molar-refractivity contribution >= 4 is 17.2 Å². The Hall–Kier alpha value is -2.34. The van der Waals surface area contributed by atoms with Crippen LogP contribution in [0.3, 0.4) is 0 Å². The maximum Gasteiger partial charge on any atom is 0.343 e. The predicted molar refractivity (Wildman–Crippen MR) is 89.3 cm³/mol. The van der Waals surface area contributed by atoms with Crippen LogP contribution < -0.4 is 10.5 Å². The molecule has 1 aliphatic rings. The normalized spacial score (nSPS) is 15.8. The Morgan fingerprint density at radius 3 is 2.61 bits per heavy atom. The second kappa shape index (κ2) is 6.42. The van der Waals surface area contributed by atoms with E-state index in [1.807, 2.05) is 12.1 Å². The number of hydrogen-bond donors (Lipinski definition) is 0. The highest BCUT2D eigenvalue weighted by molar-refractivity contribution is 5.89. The van der Waals surface area contributed by atoms with Crippen LogP contribution in [0.5, 0.6) is 0 Å². The molecule has 0 N–H and O–H groups in total. The number of carbonyl (C=O) groups is 1. The Balaban J connectivity index is 1.94. The SMILES string of the molecule is CCOC(=O)c1ccc2cc(N3CCN(C)CC3)ccn2c1=O. The van der Waals surface area contributed by atoms with E-state index < -0.39 is 5.97 Å². The molecule has 6 nitrogen and oxygen atoms in total. The molecule has 122 valence electrons. The quantitative estimate of drug-likeness (QED) is 0.798. The number of anilines is 1. The molecule has 1 saturated heterocycles. The van der Waals surface area contributed by atoms with Crippen LogP contribution in [0.1, 0.15) is 17.3 Å². The number of esters is 1. The van der Waals surface area contributed by atoms with Crippen LogP contribution in [0.15, 0.2) is 35.3 Å². The van der Waals surface area contributed by atoms with Crippen molar-refractivity contribution in [3.63, 3.8) is 0 Å². The average Bonchev–Trinajstić information content (AvgIpc) is 2.55. The number of carbonyl (C=O) groups excluding carboxylic acids is 1. The smallest absolute Gasteiger partial charge is 0.343 e. The first-order valence-electron chi connectivity index (χ1n) is 7.86. The predicted octanol–water partition coefficient (Wildman–Crippen LogP) is 1.23. The minimum atomic E-state index is -0.574. The van der Waals surface area contributed by atoms with Gasteiger partial charge in [0.2, 0.25) is 0 Å². The minimum Gasteiger partial charge on any atom is -0.462 e. The van der Waals surface area contributed by atoms with Gasteiger partial charge in [0.15, 0.2) is 0 Å². The summed E-state index contributed by atoms with van der Waals surface area (Å²) in [6.07, 6.45) is 1.73. The van der Waals surface area contributed by atoms with Gasteiger partial charge in [-0.1, -0.05) is 0 Å². The van der Waals surface area contributed by atoms with Crippen LogP contribution >= 0.6 is 0 Å². The molecule has 0 aliphatic carbocycles. The summed E-state index contributed by atoms with van der Waals surface area (Å²) in [5.74, 6) is -0.574. The average molecular weight is 315 g/mol.